The summed E-state index contributed by atoms with van der Waals surface area (Å²) >= 11 is 3.07. The van der Waals surface area contributed by atoms with Crippen molar-refractivity contribution in [2.75, 3.05) is 36.2 Å². The van der Waals surface area contributed by atoms with Gasteiger partial charge in [-0.2, -0.15) is 0 Å². The molecule has 10 heteroatoms. The van der Waals surface area contributed by atoms with Gasteiger partial charge in [-0.25, -0.2) is 30.0 Å². The number of carbonyl (C=O) groups is 2. The number of nitrogens with zero attached hydrogens (tertiary/aromatic N) is 6. The van der Waals surface area contributed by atoms with E-state index in [-0.39, 0.29) is 11.8 Å². The summed E-state index contributed by atoms with van der Waals surface area (Å²) in [6.45, 7) is 11.2. The molecule has 0 radical (unpaired) electrons. The summed E-state index contributed by atoms with van der Waals surface area (Å²) in [6, 6.07) is 4.08. The Kier molecular flexibility index (Phi) is 6.58. The number of rotatable bonds is 4. The number of carbonyl (C=O) groups excluding carboxylic acids is 2. The number of piperidine rings is 2. The third-order valence-electron chi connectivity index (χ3n) is 6.92. The average molecular weight is 501 g/mol. The van der Waals surface area contributed by atoms with Crippen molar-refractivity contribution < 1.29 is 9.59 Å². The highest BCUT2D eigenvalue weighted by Gasteiger charge is 2.29. The second kappa shape index (κ2) is 9.49. The molecular formula is C24H32N6O2S2. The Morgan fingerprint density at radius 1 is 0.765 bits per heavy atom. The molecule has 2 saturated heterocycles. The minimum absolute atomic E-state index is 0.0104. The number of thiazole rings is 2. The number of aromatic nitrogens is 2. The molecule has 8 nitrogen and oxygen atoms in total. The van der Waals surface area contributed by atoms with Gasteiger partial charge < -0.3 is 0 Å². The quantitative estimate of drug-likeness (QED) is 0.507. The molecule has 2 aliphatic heterocycles. The Bertz CT molecular complexity index is 1070. The van der Waals surface area contributed by atoms with Crippen LogP contribution in [-0.2, 0) is 9.59 Å². The van der Waals surface area contributed by atoms with E-state index in [1.165, 1.54) is 22.7 Å². The molecule has 2 amide bonds. The van der Waals surface area contributed by atoms with Crippen LogP contribution in [0.25, 0.3) is 20.4 Å². The van der Waals surface area contributed by atoms with Gasteiger partial charge in [0.05, 0.1) is 20.4 Å². The highest BCUT2D eigenvalue weighted by molar-refractivity contribution is 7.24. The van der Waals surface area contributed by atoms with Gasteiger partial charge in [0.15, 0.2) is 0 Å². The molecule has 1 aromatic carbocycles. The standard InChI is InChI=1S/C24H32N6O2S2/c1-15-5-9-27(10-6-15)29(17(3)31)23-25-19-13-20-22(14-21(19)33-23)34-24(26-20)30(18(4)32)28-11-7-16(2)8-12-28/h13-16H,5-12H2,1-4H3. The van der Waals surface area contributed by atoms with E-state index in [9.17, 15) is 9.59 Å². The summed E-state index contributed by atoms with van der Waals surface area (Å²) in [5, 5.41) is 9.17. The van der Waals surface area contributed by atoms with Crippen molar-refractivity contribution in [2.45, 2.75) is 53.4 Å². The van der Waals surface area contributed by atoms with E-state index in [4.69, 9.17) is 9.97 Å². The monoisotopic (exact) mass is 500 g/mol. The lowest BCUT2D eigenvalue weighted by atomic mass is 10.0. The van der Waals surface area contributed by atoms with Gasteiger partial charge in [0.2, 0.25) is 22.1 Å². The Balaban J connectivity index is 1.45. The molecule has 2 fully saturated rings. The lowest BCUT2D eigenvalue weighted by Gasteiger charge is -2.36. The van der Waals surface area contributed by atoms with Gasteiger partial charge in [0.25, 0.3) is 0 Å². The number of anilines is 2. The molecule has 0 N–H and O–H groups in total. The van der Waals surface area contributed by atoms with Crippen molar-refractivity contribution in [3.63, 3.8) is 0 Å². The molecule has 3 aromatic rings. The summed E-state index contributed by atoms with van der Waals surface area (Å²) in [5.41, 5.74) is 1.67. The van der Waals surface area contributed by atoms with Gasteiger partial charge in [-0.1, -0.05) is 36.5 Å². The van der Waals surface area contributed by atoms with E-state index in [1.54, 1.807) is 23.9 Å². The predicted molar refractivity (Wildman–Crippen MR) is 139 cm³/mol. The van der Waals surface area contributed by atoms with E-state index in [0.717, 1.165) is 72.3 Å². The first-order valence-corrected chi connectivity index (χ1v) is 13.8. The summed E-state index contributed by atoms with van der Waals surface area (Å²) in [5.74, 6) is 1.36. The zero-order valence-electron chi connectivity index (χ0n) is 20.3. The number of benzene rings is 1. The van der Waals surface area contributed by atoms with Gasteiger partial charge >= 0.3 is 0 Å². The number of hydrogen-bond acceptors (Lipinski definition) is 8. The average Bonchev–Trinajstić information content (AvgIpc) is 3.37. The van der Waals surface area contributed by atoms with E-state index < -0.39 is 0 Å². The highest BCUT2D eigenvalue weighted by atomic mass is 32.1. The molecule has 0 atom stereocenters. The predicted octanol–water partition coefficient (Wildman–Crippen LogP) is 4.91. The van der Waals surface area contributed by atoms with Crippen LogP contribution in [0, 0.1) is 11.8 Å². The molecule has 0 unspecified atom stereocenters. The molecule has 2 aromatic heterocycles. The Labute approximate surface area is 208 Å². The summed E-state index contributed by atoms with van der Waals surface area (Å²) in [4.78, 5) is 34.7. The fourth-order valence-corrected chi connectivity index (χ4v) is 6.99. The van der Waals surface area contributed by atoms with Gasteiger partial charge in [-0.15, -0.1) is 0 Å². The topological polar surface area (TPSA) is 72.9 Å². The van der Waals surface area contributed by atoms with Gasteiger partial charge in [0.1, 0.15) is 0 Å². The summed E-state index contributed by atoms with van der Waals surface area (Å²) < 4.78 is 2.05. The molecule has 2 aliphatic rings. The number of amides is 2. The zero-order chi connectivity index (χ0) is 24.0. The highest BCUT2D eigenvalue weighted by Crippen LogP contribution is 2.38. The first kappa shape index (κ1) is 23.6. The van der Waals surface area contributed by atoms with Crippen molar-refractivity contribution in [2.24, 2.45) is 11.8 Å². The molecule has 4 heterocycles. The molecule has 182 valence electrons. The van der Waals surface area contributed by atoms with E-state index in [0.29, 0.717) is 22.1 Å². The third-order valence-corrected chi connectivity index (χ3v) is 8.91. The largest absolute Gasteiger partial charge is 0.273 e. The van der Waals surface area contributed by atoms with Crippen LogP contribution < -0.4 is 10.0 Å². The minimum atomic E-state index is -0.0104. The van der Waals surface area contributed by atoms with Crippen LogP contribution in [0.4, 0.5) is 10.3 Å². The molecule has 0 saturated carbocycles. The van der Waals surface area contributed by atoms with E-state index >= 15 is 0 Å². The number of hydrogen-bond donors (Lipinski definition) is 0. The molecule has 0 bridgehead atoms. The van der Waals surface area contributed by atoms with Crippen molar-refractivity contribution in [3.05, 3.63) is 12.1 Å². The Hall–Kier alpha value is -2.14. The minimum Gasteiger partial charge on any atom is -0.273 e. The summed E-state index contributed by atoms with van der Waals surface area (Å²) in [7, 11) is 0. The van der Waals surface area contributed by atoms with Crippen LogP contribution >= 0.6 is 22.7 Å². The normalized spacial score (nSPS) is 19.2. The lowest BCUT2D eigenvalue weighted by molar-refractivity contribution is -0.120. The van der Waals surface area contributed by atoms with E-state index in [2.05, 4.69) is 29.9 Å². The SMILES string of the molecule is CC(=O)N(c1nc2cc3nc(N(C(C)=O)N4CCC(C)CC4)sc3cc2s1)N1CCC(C)CC1. The van der Waals surface area contributed by atoms with Crippen LogP contribution in [0.15, 0.2) is 12.1 Å². The lowest BCUT2D eigenvalue weighted by Crippen LogP contribution is -2.49. The molecule has 0 spiro atoms. The Morgan fingerprint density at radius 2 is 1.15 bits per heavy atom. The maximum absolute atomic E-state index is 12.5. The van der Waals surface area contributed by atoms with Crippen LogP contribution in [0.1, 0.15) is 53.4 Å². The van der Waals surface area contributed by atoms with Crippen LogP contribution in [0.5, 0.6) is 0 Å². The van der Waals surface area contributed by atoms with Crippen molar-refractivity contribution in [1.82, 2.24) is 20.0 Å². The van der Waals surface area contributed by atoms with Crippen LogP contribution in [-0.4, -0.2) is 58.0 Å². The molecule has 34 heavy (non-hydrogen) atoms. The number of fused-ring (bicyclic) bond motifs is 2. The van der Waals surface area contributed by atoms with E-state index in [1.807, 2.05) is 6.07 Å². The maximum atomic E-state index is 12.5. The number of hydrazine groups is 2. The fourth-order valence-electron chi connectivity index (χ4n) is 4.81. The third kappa shape index (κ3) is 4.56. The zero-order valence-corrected chi connectivity index (χ0v) is 21.9. The van der Waals surface area contributed by atoms with Gasteiger partial charge in [-0.05, 0) is 49.7 Å². The second-order valence-electron chi connectivity index (χ2n) is 9.71. The smallest absolute Gasteiger partial charge is 0.240 e. The second-order valence-corrected chi connectivity index (χ2v) is 11.7. The van der Waals surface area contributed by atoms with Crippen molar-refractivity contribution >= 4 is 65.2 Å². The van der Waals surface area contributed by atoms with Crippen LogP contribution in [0.3, 0.4) is 0 Å². The van der Waals surface area contributed by atoms with Gasteiger partial charge in [-0.3, -0.25) is 9.59 Å². The van der Waals surface area contributed by atoms with Crippen molar-refractivity contribution in [3.8, 4) is 0 Å². The fraction of sp³-hybridized carbons (Fsp3) is 0.583. The first-order valence-electron chi connectivity index (χ1n) is 12.1. The molecule has 5 rings (SSSR count). The Morgan fingerprint density at radius 3 is 1.50 bits per heavy atom. The molecule has 0 aliphatic carbocycles. The maximum Gasteiger partial charge on any atom is 0.240 e. The van der Waals surface area contributed by atoms with Crippen molar-refractivity contribution in [1.29, 1.82) is 0 Å². The molecular weight excluding hydrogens is 468 g/mol. The van der Waals surface area contributed by atoms with Crippen LogP contribution in [0.2, 0.25) is 0 Å². The first-order chi connectivity index (χ1) is 16.3. The summed E-state index contributed by atoms with van der Waals surface area (Å²) in [6.07, 6.45) is 4.33. The van der Waals surface area contributed by atoms with Gasteiger partial charge in [0, 0.05) is 40.0 Å².